The van der Waals surface area contributed by atoms with Crippen molar-refractivity contribution in [2.24, 2.45) is 0 Å². The fourth-order valence-corrected chi connectivity index (χ4v) is 1.13. The highest BCUT2D eigenvalue weighted by molar-refractivity contribution is 5.73. The van der Waals surface area contributed by atoms with Gasteiger partial charge in [-0.3, -0.25) is 10.1 Å². The van der Waals surface area contributed by atoms with Crippen LogP contribution in [0.1, 0.15) is 41.5 Å². The smallest absolute Gasteiger partial charge is 0.322 e. The van der Waals surface area contributed by atoms with Gasteiger partial charge in [0.05, 0.1) is 0 Å². The molecule has 0 saturated heterocycles. The van der Waals surface area contributed by atoms with Crippen molar-refractivity contribution in [3.8, 4) is 0 Å². The van der Waals surface area contributed by atoms with Crippen molar-refractivity contribution in [1.29, 1.82) is 0 Å². The molecule has 3 N–H and O–H groups in total. The van der Waals surface area contributed by atoms with Gasteiger partial charge in [0, 0.05) is 17.6 Å². The Bertz CT molecular complexity index is 214. The van der Waals surface area contributed by atoms with Gasteiger partial charge in [-0.05, 0) is 41.5 Å². The molecule has 0 fully saturated rings. The van der Waals surface area contributed by atoms with Gasteiger partial charge in [-0.25, -0.2) is 0 Å². The summed E-state index contributed by atoms with van der Waals surface area (Å²) < 4.78 is 0. The maximum absolute atomic E-state index is 11.0. The number of carboxylic acids is 1. The first-order valence-electron chi connectivity index (χ1n) is 5.27. The number of hydrogen-bond donors (Lipinski definition) is 3. The van der Waals surface area contributed by atoms with E-state index in [2.05, 4.69) is 10.6 Å². The van der Waals surface area contributed by atoms with Crippen LogP contribution < -0.4 is 10.6 Å². The second kappa shape index (κ2) is 4.94. The van der Waals surface area contributed by atoms with E-state index in [4.69, 9.17) is 5.11 Å². The second-order valence-electron chi connectivity index (χ2n) is 5.92. The van der Waals surface area contributed by atoms with E-state index in [0.29, 0.717) is 6.54 Å². The third-order valence-corrected chi connectivity index (χ3v) is 1.74. The lowest BCUT2D eigenvalue weighted by Crippen LogP contribution is -2.54. The molecule has 4 nitrogen and oxygen atoms in total. The Morgan fingerprint density at radius 1 is 1.13 bits per heavy atom. The van der Waals surface area contributed by atoms with E-state index in [1.807, 2.05) is 41.5 Å². The Morgan fingerprint density at radius 3 is 1.87 bits per heavy atom. The zero-order valence-corrected chi connectivity index (χ0v) is 10.6. The first-order valence-corrected chi connectivity index (χ1v) is 5.27. The molecule has 0 aliphatic heterocycles. The van der Waals surface area contributed by atoms with Crippen LogP contribution in [0.25, 0.3) is 0 Å². The average Bonchev–Trinajstić information content (AvgIpc) is 1.93. The molecule has 0 aromatic heterocycles. The molecule has 1 atom stereocenters. The molecule has 0 spiro atoms. The molecular weight excluding hydrogens is 192 g/mol. The van der Waals surface area contributed by atoms with Gasteiger partial charge < -0.3 is 10.4 Å². The van der Waals surface area contributed by atoms with Gasteiger partial charge in [0.1, 0.15) is 6.04 Å². The summed E-state index contributed by atoms with van der Waals surface area (Å²) in [5, 5.41) is 15.3. The molecule has 0 bridgehead atoms. The Kier molecular flexibility index (Phi) is 4.74. The maximum Gasteiger partial charge on any atom is 0.322 e. The van der Waals surface area contributed by atoms with Crippen molar-refractivity contribution < 1.29 is 9.90 Å². The van der Waals surface area contributed by atoms with Crippen molar-refractivity contribution >= 4 is 5.97 Å². The van der Waals surface area contributed by atoms with E-state index in [9.17, 15) is 4.79 Å². The fourth-order valence-electron chi connectivity index (χ4n) is 1.13. The Hall–Kier alpha value is -0.610. The molecule has 0 aliphatic rings. The predicted octanol–water partition coefficient (Wildman–Crippen LogP) is 1.22. The van der Waals surface area contributed by atoms with Crippen molar-refractivity contribution in [1.82, 2.24) is 10.6 Å². The van der Waals surface area contributed by atoms with Crippen LogP contribution in [0.2, 0.25) is 0 Å². The molecule has 90 valence electrons. The SMILES string of the molecule is CC(C)(C)NCC(NC(C)(C)C)C(=O)O. The van der Waals surface area contributed by atoms with Gasteiger partial charge in [0.2, 0.25) is 0 Å². The van der Waals surface area contributed by atoms with Crippen LogP contribution in [0, 0.1) is 0 Å². The standard InChI is InChI=1S/C11H24N2O2/c1-10(2,3)12-7-8(9(14)15)13-11(4,5)6/h8,12-13H,7H2,1-6H3,(H,14,15). The zero-order valence-electron chi connectivity index (χ0n) is 10.6. The number of carbonyl (C=O) groups is 1. The molecule has 15 heavy (non-hydrogen) atoms. The molecular formula is C11H24N2O2. The van der Waals surface area contributed by atoms with Crippen LogP contribution in [0.15, 0.2) is 0 Å². The minimum absolute atomic E-state index is 0.0622. The lowest BCUT2D eigenvalue weighted by molar-refractivity contribution is -0.139. The predicted molar refractivity (Wildman–Crippen MR) is 62.1 cm³/mol. The van der Waals surface area contributed by atoms with E-state index in [1.54, 1.807) is 0 Å². The first kappa shape index (κ1) is 14.4. The summed E-state index contributed by atoms with van der Waals surface area (Å²) in [5.41, 5.74) is -0.254. The largest absolute Gasteiger partial charge is 0.480 e. The topological polar surface area (TPSA) is 61.4 Å². The highest BCUT2D eigenvalue weighted by Crippen LogP contribution is 2.03. The first-order chi connectivity index (χ1) is 6.51. The van der Waals surface area contributed by atoms with Gasteiger partial charge in [-0.2, -0.15) is 0 Å². The van der Waals surface area contributed by atoms with Crippen LogP contribution in [0.3, 0.4) is 0 Å². The molecule has 0 aliphatic carbocycles. The lowest BCUT2D eigenvalue weighted by Gasteiger charge is -2.29. The monoisotopic (exact) mass is 216 g/mol. The minimum atomic E-state index is -0.818. The van der Waals surface area contributed by atoms with Crippen LogP contribution in [-0.2, 0) is 4.79 Å². The van der Waals surface area contributed by atoms with E-state index < -0.39 is 12.0 Å². The summed E-state index contributed by atoms with van der Waals surface area (Å²) in [7, 11) is 0. The molecule has 0 heterocycles. The molecule has 0 aromatic rings. The van der Waals surface area contributed by atoms with E-state index in [-0.39, 0.29) is 11.1 Å². The lowest BCUT2D eigenvalue weighted by atomic mass is 10.1. The normalized spacial score (nSPS) is 15.1. The highest BCUT2D eigenvalue weighted by Gasteiger charge is 2.24. The van der Waals surface area contributed by atoms with Gasteiger partial charge in [0.15, 0.2) is 0 Å². The summed E-state index contributed by atoms with van der Waals surface area (Å²) >= 11 is 0. The van der Waals surface area contributed by atoms with Crippen LogP contribution in [0.4, 0.5) is 0 Å². The maximum atomic E-state index is 11.0. The number of aliphatic carboxylic acids is 1. The quantitative estimate of drug-likeness (QED) is 0.661. The van der Waals surface area contributed by atoms with Crippen LogP contribution in [0.5, 0.6) is 0 Å². The zero-order chi connectivity index (χ0) is 12.3. The summed E-state index contributed by atoms with van der Waals surface area (Å²) in [6.45, 7) is 12.4. The molecule has 4 heteroatoms. The van der Waals surface area contributed by atoms with Gasteiger partial charge in [-0.15, -0.1) is 0 Å². The summed E-state index contributed by atoms with van der Waals surface area (Å²) in [6, 6.07) is -0.552. The molecule has 0 saturated carbocycles. The van der Waals surface area contributed by atoms with Crippen molar-refractivity contribution in [3.63, 3.8) is 0 Å². The van der Waals surface area contributed by atoms with Crippen LogP contribution >= 0.6 is 0 Å². The van der Waals surface area contributed by atoms with Gasteiger partial charge in [0.25, 0.3) is 0 Å². The van der Waals surface area contributed by atoms with E-state index >= 15 is 0 Å². The average molecular weight is 216 g/mol. The highest BCUT2D eigenvalue weighted by atomic mass is 16.4. The third kappa shape index (κ3) is 8.39. The molecule has 0 amide bonds. The number of nitrogens with one attached hydrogen (secondary N) is 2. The number of rotatable bonds is 4. The Morgan fingerprint density at radius 2 is 1.60 bits per heavy atom. The van der Waals surface area contributed by atoms with E-state index in [0.717, 1.165) is 0 Å². The van der Waals surface area contributed by atoms with E-state index in [1.165, 1.54) is 0 Å². The minimum Gasteiger partial charge on any atom is -0.480 e. The fraction of sp³-hybridized carbons (Fsp3) is 0.909. The number of carboxylic acid groups (broad SMARTS) is 1. The molecule has 0 radical (unpaired) electrons. The summed E-state index contributed by atoms with van der Waals surface area (Å²) in [5.74, 6) is -0.818. The molecule has 0 rings (SSSR count). The Labute approximate surface area is 92.4 Å². The van der Waals surface area contributed by atoms with Crippen molar-refractivity contribution in [2.45, 2.75) is 58.7 Å². The second-order valence-corrected chi connectivity index (χ2v) is 5.92. The van der Waals surface area contributed by atoms with Crippen molar-refractivity contribution in [2.75, 3.05) is 6.54 Å². The third-order valence-electron chi connectivity index (χ3n) is 1.74. The van der Waals surface area contributed by atoms with Gasteiger partial charge >= 0.3 is 5.97 Å². The molecule has 0 aromatic carbocycles. The molecule has 1 unspecified atom stereocenters. The Balaban J connectivity index is 4.25. The summed E-state index contributed by atoms with van der Waals surface area (Å²) in [6.07, 6.45) is 0. The van der Waals surface area contributed by atoms with Crippen molar-refractivity contribution in [3.05, 3.63) is 0 Å². The van der Waals surface area contributed by atoms with Crippen LogP contribution in [-0.4, -0.2) is 34.7 Å². The number of hydrogen-bond acceptors (Lipinski definition) is 3. The summed E-state index contributed by atoms with van der Waals surface area (Å²) in [4.78, 5) is 11.0. The van der Waals surface area contributed by atoms with Gasteiger partial charge in [-0.1, -0.05) is 0 Å².